The number of hydrogen-bond donors (Lipinski definition) is 0. The van der Waals surface area contributed by atoms with Crippen LogP contribution in [0.4, 0.5) is 0 Å². The van der Waals surface area contributed by atoms with Crippen LogP contribution in [0.2, 0.25) is 0 Å². The maximum Gasteiger partial charge on any atom is 0.213 e. The smallest absolute Gasteiger partial charge is 0.213 e. The van der Waals surface area contributed by atoms with Crippen LogP contribution >= 0.6 is 11.6 Å². The molecule has 1 aromatic rings. The standard InChI is InChI=1S/C13H20ClNO3S/c1-15(19(16,17)12-5-9-14)10-6-11-18-13-7-3-2-4-8-13/h2-4,7-8H,5-6,9-12H2,1H3. The van der Waals surface area contributed by atoms with E-state index in [4.69, 9.17) is 16.3 Å². The van der Waals surface area contributed by atoms with Gasteiger partial charge in [-0.25, -0.2) is 12.7 Å². The van der Waals surface area contributed by atoms with Gasteiger partial charge in [-0.2, -0.15) is 0 Å². The molecule has 0 N–H and O–H groups in total. The molecule has 0 amide bonds. The van der Waals surface area contributed by atoms with Crippen molar-refractivity contribution in [1.29, 1.82) is 0 Å². The van der Waals surface area contributed by atoms with E-state index >= 15 is 0 Å². The van der Waals surface area contributed by atoms with E-state index < -0.39 is 10.0 Å². The van der Waals surface area contributed by atoms with Gasteiger partial charge >= 0.3 is 0 Å². The second-order valence-corrected chi connectivity index (χ2v) is 6.77. The summed E-state index contributed by atoms with van der Waals surface area (Å²) in [6.07, 6.45) is 1.14. The summed E-state index contributed by atoms with van der Waals surface area (Å²) < 4.78 is 30.4. The molecule has 1 aromatic carbocycles. The summed E-state index contributed by atoms with van der Waals surface area (Å²) in [7, 11) is -1.58. The average molecular weight is 306 g/mol. The van der Waals surface area contributed by atoms with Crippen LogP contribution in [0.25, 0.3) is 0 Å². The first kappa shape index (κ1) is 16.3. The van der Waals surface area contributed by atoms with Crippen molar-refractivity contribution in [2.24, 2.45) is 0 Å². The number of para-hydroxylation sites is 1. The highest BCUT2D eigenvalue weighted by Crippen LogP contribution is 2.09. The molecule has 0 spiro atoms. The van der Waals surface area contributed by atoms with Crippen molar-refractivity contribution < 1.29 is 13.2 Å². The molecular formula is C13H20ClNO3S. The lowest BCUT2D eigenvalue weighted by Gasteiger charge is -2.16. The zero-order valence-corrected chi connectivity index (χ0v) is 12.7. The fourth-order valence-corrected chi connectivity index (χ4v) is 3.05. The SMILES string of the molecule is CN(CCCOc1ccccc1)S(=O)(=O)CCCCl. The maximum absolute atomic E-state index is 11.8. The van der Waals surface area contributed by atoms with Crippen LogP contribution in [0, 0.1) is 0 Å². The van der Waals surface area contributed by atoms with Gasteiger partial charge in [-0.05, 0) is 25.0 Å². The third-order valence-corrected chi connectivity index (χ3v) is 4.84. The number of ether oxygens (including phenoxy) is 1. The van der Waals surface area contributed by atoms with Crippen molar-refractivity contribution >= 4 is 21.6 Å². The Labute approximate surface area is 120 Å². The Morgan fingerprint density at radius 1 is 1.21 bits per heavy atom. The first-order valence-electron chi connectivity index (χ1n) is 6.24. The van der Waals surface area contributed by atoms with Crippen LogP contribution in [0.15, 0.2) is 30.3 Å². The molecule has 0 bridgehead atoms. The third kappa shape index (κ3) is 6.27. The van der Waals surface area contributed by atoms with Gasteiger partial charge in [0.15, 0.2) is 0 Å². The zero-order chi connectivity index (χ0) is 14.1. The first-order chi connectivity index (χ1) is 9.06. The summed E-state index contributed by atoms with van der Waals surface area (Å²) in [5.74, 6) is 1.27. The Morgan fingerprint density at radius 2 is 1.89 bits per heavy atom. The molecule has 1 rings (SSSR count). The monoisotopic (exact) mass is 305 g/mol. The van der Waals surface area contributed by atoms with E-state index in [1.807, 2.05) is 30.3 Å². The van der Waals surface area contributed by atoms with Crippen LogP contribution in [-0.4, -0.2) is 44.6 Å². The zero-order valence-electron chi connectivity index (χ0n) is 11.1. The first-order valence-corrected chi connectivity index (χ1v) is 8.38. The van der Waals surface area contributed by atoms with Gasteiger partial charge in [-0.15, -0.1) is 11.6 Å². The molecule has 0 atom stereocenters. The molecule has 0 aliphatic rings. The molecule has 0 unspecified atom stereocenters. The highest BCUT2D eigenvalue weighted by molar-refractivity contribution is 7.89. The van der Waals surface area contributed by atoms with E-state index in [9.17, 15) is 8.42 Å². The molecule has 0 saturated heterocycles. The highest BCUT2D eigenvalue weighted by atomic mass is 35.5. The van der Waals surface area contributed by atoms with Crippen molar-refractivity contribution in [3.63, 3.8) is 0 Å². The van der Waals surface area contributed by atoms with Crippen molar-refractivity contribution in [3.05, 3.63) is 30.3 Å². The second kappa shape index (κ2) is 8.40. The van der Waals surface area contributed by atoms with Crippen molar-refractivity contribution in [2.75, 3.05) is 31.8 Å². The molecule has 19 heavy (non-hydrogen) atoms. The normalized spacial score (nSPS) is 11.7. The highest BCUT2D eigenvalue weighted by Gasteiger charge is 2.16. The molecular weight excluding hydrogens is 286 g/mol. The quantitative estimate of drug-likeness (QED) is 0.520. The van der Waals surface area contributed by atoms with Crippen molar-refractivity contribution in [1.82, 2.24) is 4.31 Å². The van der Waals surface area contributed by atoms with E-state index in [1.54, 1.807) is 7.05 Å². The maximum atomic E-state index is 11.8. The molecule has 108 valence electrons. The summed E-state index contributed by atoms with van der Waals surface area (Å²) in [6.45, 7) is 0.955. The number of nitrogens with zero attached hydrogens (tertiary/aromatic N) is 1. The number of benzene rings is 1. The number of hydrogen-bond acceptors (Lipinski definition) is 3. The molecule has 0 aliphatic heterocycles. The lowest BCUT2D eigenvalue weighted by atomic mass is 10.3. The molecule has 0 fully saturated rings. The van der Waals surface area contributed by atoms with Gasteiger partial charge in [0.2, 0.25) is 10.0 Å². The second-order valence-electron chi connectivity index (χ2n) is 4.20. The van der Waals surface area contributed by atoms with Crippen LogP contribution < -0.4 is 4.74 Å². The summed E-state index contributed by atoms with van der Waals surface area (Å²) in [6, 6.07) is 9.47. The van der Waals surface area contributed by atoms with E-state index in [1.165, 1.54) is 4.31 Å². The Morgan fingerprint density at radius 3 is 2.53 bits per heavy atom. The number of alkyl halides is 1. The van der Waals surface area contributed by atoms with Crippen LogP contribution in [0.5, 0.6) is 5.75 Å². The van der Waals surface area contributed by atoms with Gasteiger partial charge < -0.3 is 4.74 Å². The van der Waals surface area contributed by atoms with Crippen molar-refractivity contribution in [2.45, 2.75) is 12.8 Å². The van der Waals surface area contributed by atoms with Crippen LogP contribution in [0.1, 0.15) is 12.8 Å². The largest absolute Gasteiger partial charge is 0.494 e. The Hall–Kier alpha value is -0.780. The third-order valence-electron chi connectivity index (χ3n) is 2.64. The lowest BCUT2D eigenvalue weighted by Crippen LogP contribution is -2.31. The summed E-state index contributed by atoms with van der Waals surface area (Å²) >= 11 is 5.50. The van der Waals surface area contributed by atoms with Crippen LogP contribution in [-0.2, 0) is 10.0 Å². The number of halogens is 1. The van der Waals surface area contributed by atoms with E-state index in [0.717, 1.165) is 5.75 Å². The molecule has 4 nitrogen and oxygen atoms in total. The predicted molar refractivity (Wildman–Crippen MR) is 78.3 cm³/mol. The van der Waals surface area contributed by atoms with Gasteiger partial charge in [0.05, 0.1) is 12.4 Å². The molecule has 0 aliphatic carbocycles. The van der Waals surface area contributed by atoms with Crippen molar-refractivity contribution in [3.8, 4) is 5.75 Å². The van der Waals surface area contributed by atoms with Gasteiger partial charge in [0, 0.05) is 19.5 Å². The Bertz CT molecular complexity index is 450. The molecule has 0 heterocycles. The Balaban J connectivity index is 2.25. The summed E-state index contributed by atoms with van der Waals surface area (Å²) in [5.41, 5.74) is 0. The molecule has 6 heteroatoms. The van der Waals surface area contributed by atoms with Crippen LogP contribution in [0.3, 0.4) is 0 Å². The van der Waals surface area contributed by atoms with E-state index in [0.29, 0.717) is 31.9 Å². The minimum absolute atomic E-state index is 0.104. The predicted octanol–water partition coefficient (Wildman–Crippen LogP) is 2.35. The fourth-order valence-electron chi connectivity index (χ4n) is 1.53. The minimum Gasteiger partial charge on any atom is -0.494 e. The molecule has 0 radical (unpaired) electrons. The van der Waals surface area contributed by atoms with Gasteiger partial charge in [0.25, 0.3) is 0 Å². The minimum atomic E-state index is -3.17. The topological polar surface area (TPSA) is 46.6 Å². The molecule has 0 saturated carbocycles. The lowest BCUT2D eigenvalue weighted by molar-refractivity contribution is 0.296. The fraction of sp³-hybridized carbons (Fsp3) is 0.538. The molecule has 0 aromatic heterocycles. The van der Waals surface area contributed by atoms with Gasteiger partial charge in [-0.1, -0.05) is 18.2 Å². The summed E-state index contributed by atoms with van der Waals surface area (Å²) in [4.78, 5) is 0. The number of rotatable bonds is 9. The van der Waals surface area contributed by atoms with E-state index in [2.05, 4.69) is 0 Å². The van der Waals surface area contributed by atoms with Gasteiger partial charge in [-0.3, -0.25) is 0 Å². The summed E-state index contributed by atoms with van der Waals surface area (Å²) in [5, 5.41) is 0. The number of sulfonamides is 1. The van der Waals surface area contributed by atoms with E-state index in [-0.39, 0.29) is 5.75 Å². The Kier molecular flexibility index (Phi) is 7.20. The average Bonchev–Trinajstić information content (AvgIpc) is 2.42. The van der Waals surface area contributed by atoms with Gasteiger partial charge in [0.1, 0.15) is 5.75 Å².